The van der Waals surface area contributed by atoms with E-state index in [9.17, 15) is 4.79 Å². The van der Waals surface area contributed by atoms with E-state index in [-0.39, 0.29) is 18.4 Å². The number of aryl methyl sites for hydroxylation is 2. The normalized spacial score (nSPS) is 10.2. The molecule has 6 nitrogen and oxygen atoms in total. The van der Waals surface area contributed by atoms with Crippen LogP contribution in [0, 0.1) is 0 Å². The van der Waals surface area contributed by atoms with E-state index in [2.05, 4.69) is 25.8 Å². The van der Waals surface area contributed by atoms with Crippen LogP contribution in [-0.2, 0) is 17.6 Å². The van der Waals surface area contributed by atoms with E-state index >= 15 is 0 Å². The van der Waals surface area contributed by atoms with Crippen molar-refractivity contribution in [2.45, 2.75) is 26.7 Å². The summed E-state index contributed by atoms with van der Waals surface area (Å²) in [5.74, 6) is 0.102. The van der Waals surface area contributed by atoms with Crippen molar-refractivity contribution in [2.75, 3.05) is 18.9 Å². The van der Waals surface area contributed by atoms with Crippen LogP contribution in [0.1, 0.15) is 25.2 Å². The molecule has 6 heteroatoms. The second kappa shape index (κ2) is 6.12. The lowest BCUT2D eigenvalue weighted by Crippen LogP contribution is -2.26. The number of nitrogens with one attached hydrogen (secondary N) is 2. The lowest BCUT2D eigenvalue weighted by molar-refractivity contribution is -0.115. The van der Waals surface area contributed by atoms with Gasteiger partial charge in [-0.3, -0.25) is 10.1 Å². The van der Waals surface area contributed by atoms with Gasteiger partial charge >= 0.3 is 0 Å². The van der Waals surface area contributed by atoms with E-state index in [1.807, 2.05) is 13.8 Å². The first-order valence-electron chi connectivity index (χ1n) is 5.38. The monoisotopic (exact) mass is 223 g/mol. The summed E-state index contributed by atoms with van der Waals surface area (Å²) in [5, 5.41) is 13.2. The molecule has 2 N–H and O–H groups in total. The Balaban J connectivity index is 2.78. The number of carbonyl (C=O) groups is 1. The predicted molar refractivity (Wildman–Crippen MR) is 61.1 cm³/mol. The van der Waals surface area contributed by atoms with Gasteiger partial charge in [-0.2, -0.15) is 0 Å². The minimum Gasteiger partial charge on any atom is -0.311 e. The second-order valence-electron chi connectivity index (χ2n) is 3.31. The quantitative estimate of drug-likeness (QED) is 0.743. The molecule has 0 saturated carbocycles. The van der Waals surface area contributed by atoms with Gasteiger partial charge in [-0.25, -0.2) is 4.98 Å². The van der Waals surface area contributed by atoms with Crippen LogP contribution in [0.3, 0.4) is 0 Å². The highest BCUT2D eigenvalue weighted by molar-refractivity contribution is 5.90. The third-order valence-electron chi connectivity index (χ3n) is 2.10. The maximum atomic E-state index is 11.3. The number of hydrogen-bond donors (Lipinski definition) is 2. The van der Waals surface area contributed by atoms with E-state index < -0.39 is 0 Å². The fourth-order valence-electron chi connectivity index (χ4n) is 1.32. The molecule has 1 aromatic rings. The molecule has 0 saturated heterocycles. The third-order valence-corrected chi connectivity index (χ3v) is 2.10. The average molecular weight is 223 g/mol. The number of nitrogens with zero attached hydrogens (tertiary/aromatic N) is 3. The van der Waals surface area contributed by atoms with Crippen molar-refractivity contribution in [3.8, 4) is 0 Å². The molecule has 0 fully saturated rings. The molecular formula is C10H17N5O. The Bertz CT molecular complexity index is 366. The van der Waals surface area contributed by atoms with E-state index in [0.717, 1.165) is 24.2 Å². The summed E-state index contributed by atoms with van der Waals surface area (Å²) in [6, 6.07) is 0. The van der Waals surface area contributed by atoms with Gasteiger partial charge in [0.15, 0.2) is 0 Å². The minimum atomic E-state index is -0.171. The molecule has 16 heavy (non-hydrogen) atoms. The van der Waals surface area contributed by atoms with Gasteiger partial charge in [0.05, 0.1) is 17.9 Å². The lowest BCUT2D eigenvalue weighted by Gasteiger charge is -2.06. The molecule has 88 valence electrons. The Labute approximate surface area is 94.9 Å². The number of hydrogen-bond acceptors (Lipinski definition) is 5. The van der Waals surface area contributed by atoms with Crippen LogP contribution in [0.2, 0.25) is 0 Å². The maximum absolute atomic E-state index is 11.3. The Kier molecular flexibility index (Phi) is 4.78. The van der Waals surface area contributed by atoms with Gasteiger partial charge in [-0.15, -0.1) is 10.2 Å². The van der Waals surface area contributed by atoms with E-state index in [4.69, 9.17) is 0 Å². The van der Waals surface area contributed by atoms with Crippen LogP contribution in [0.5, 0.6) is 0 Å². The molecule has 1 aromatic heterocycles. The van der Waals surface area contributed by atoms with Crippen LogP contribution in [0.4, 0.5) is 5.95 Å². The standard InChI is InChI=1S/C10H17N5O/c1-4-7-8(5-2)14-15-10(12-7)13-9(16)6-11-3/h11H,4-6H2,1-3H3,(H,12,13,15,16). The van der Waals surface area contributed by atoms with Crippen LogP contribution in [0.15, 0.2) is 0 Å². The zero-order valence-electron chi connectivity index (χ0n) is 9.87. The number of anilines is 1. The Morgan fingerprint density at radius 1 is 1.19 bits per heavy atom. The van der Waals surface area contributed by atoms with E-state index in [0.29, 0.717) is 0 Å². The molecule has 0 aliphatic carbocycles. The summed E-state index contributed by atoms with van der Waals surface area (Å²) in [7, 11) is 1.70. The predicted octanol–water partition coefficient (Wildman–Crippen LogP) is 0.154. The first kappa shape index (κ1) is 12.5. The molecule has 0 bridgehead atoms. The van der Waals surface area contributed by atoms with Gasteiger partial charge in [-0.1, -0.05) is 13.8 Å². The Hall–Kier alpha value is -1.56. The van der Waals surface area contributed by atoms with E-state index in [1.54, 1.807) is 7.05 Å². The third kappa shape index (κ3) is 3.23. The summed E-state index contributed by atoms with van der Waals surface area (Å²) in [6.07, 6.45) is 1.58. The van der Waals surface area contributed by atoms with Crippen molar-refractivity contribution in [1.82, 2.24) is 20.5 Å². The molecule has 0 atom stereocenters. The van der Waals surface area contributed by atoms with Crippen molar-refractivity contribution in [2.24, 2.45) is 0 Å². The highest BCUT2D eigenvalue weighted by Crippen LogP contribution is 2.06. The van der Waals surface area contributed by atoms with Gasteiger partial charge in [0, 0.05) is 0 Å². The van der Waals surface area contributed by atoms with Crippen molar-refractivity contribution < 1.29 is 4.79 Å². The fraction of sp³-hybridized carbons (Fsp3) is 0.600. The van der Waals surface area contributed by atoms with Crippen molar-refractivity contribution in [1.29, 1.82) is 0 Å². The van der Waals surface area contributed by atoms with Crippen molar-refractivity contribution >= 4 is 11.9 Å². The molecule has 0 aromatic carbocycles. The number of rotatable bonds is 5. The minimum absolute atomic E-state index is 0.171. The summed E-state index contributed by atoms with van der Waals surface area (Å²) >= 11 is 0. The molecule has 1 rings (SSSR count). The molecule has 0 aliphatic heterocycles. The summed E-state index contributed by atoms with van der Waals surface area (Å²) in [5.41, 5.74) is 1.77. The number of likely N-dealkylation sites (N-methyl/N-ethyl adjacent to an activating group) is 1. The molecule has 0 spiro atoms. The van der Waals surface area contributed by atoms with Gasteiger partial charge in [-0.05, 0) is 19.9 Å². The van der Waals surface area contributed by atoms with Gasteiger partial charge in [0.2, 0.25) is 11.9 Å². The highest BCUT2D eigenvalue weighted by Gasteiger charge is 2.08. The molecule has 0 radical (unpaired) electrons. The van der Waals surface area contributed by atoms with Gasteiger partial charge < -0.3 is 5.32 Å². The molecule has 1 amide bonds. The van der Waals surface area contributed by atoms with Gasteiger partial charge in [0.1, 0.15) is 0 Å². The van der Waals surface area contributed by atoms with Crippen molar-refractivity contribution in [3.63, 3.8) is 0 Å². The zero-order valence-corrected chi connectivity index (χ0v) is 9.87. The largest absolute Gasteiger partial charge is 0.311 e. The molecular weight excluding hydrogens is 206 g/mol. The average Bonchev–Trinajstić information content (AvgIpc) is 2.29. The van der Waals surface area contributed by atoms with Crippen LogP contribution in [-0.4, -0.2) is 34.7 Å². The molecule has 1 heterocycles. The van der Waals surface area contributed by atoms with Crippen LogP contribution in [0.25, 0.3) is 0 Å². The first-order chi connectivity index (χ1) is 7.71. The Morgan fingerprint density at radius 3 is 2.44 bits per heavy atom. The second-order valence-corrected chi connectivity index (χ2v) is 3.31. The van der Waals surface area contributed by atoms with Gasteiger partial charge in [0.25, 0.3) is 0 Å². The number of aromatic nitrogens is 3. The zero-order chi connectivity index (χ0) is 12.0. The SMILES string of the molecule is CCc1nnc(NC(=O)CNC)nc1CC. The fourth-order valence-corrected chi connectivity index (χ4v) is 1.32. The first-order valence-corrected chi connectivity index (χ1v) is 5.38. The molecule has 0 unspecified atom stereocenters. The Morgan fingerprint density at radius 2 is 1.88 bits per heavy atom. The highest BCUT2D eigenvalue weighted by atomic mass is 16.2. The maximum Gasteiger partial charge on any atom is 0.249 e. The number of carbonyl (C=O) groups excluding carboxylic acids is 1. The summed E-state index contributed by atoms with van der Waals surface area (Å²) < 4.78 is 0. The van der Waals surface area contributed by atoms with E-state index in [1.165, 1.54) is 0 Å². The van der Waals surface area contributed by atoms with Crippen molar-refractivity contribution in [3.05, 3.63) is 11.4 Å². The summed E-state index contributed by atoms with van der Waals surface area (Å²) in [4.78, 5) is 15.5. The topological polar surface area (TPSA) is 79.8 Å². The van der Waals surface area contributed by atoms with Crippen LogP contribution < -0.4 is 10.6 Å². The molecule has 0 aliphatic rings. The van der Waals surface area contributed by atoms with Crippen LogP contribution >= 0.6 is 0 Å². The smallest absolute Gasteiger partial charge is 0.249 e. The lowest BCUT2D eigenvalue weighted by atomic mass is 10.2. The number of amides is 1. The summed E-state index contributed by atoms with van der Waals surface area (Å²) in [6.45, 7) is 4.24.